The van der Waals surface area contributed by atoms with E-state index in [1.165, 1.54) is 12.1 Å². The number of rotatable bonds is 6. The third-order valence-electron chi connectivity index (χ3n) is 3.46. The first-order valence-electron chi connectivity index (χ1n) is 6.51. The number of halogens is 1. The molecule has 1 aromatic carbocycles. The van der Waals surface area contributed by atoms with Gasteiger partial charge >= 0.3 is 0 Å². The molecule has 0 spiro atoms. The molecule has 1 aromatic rings. The van der Waals surface area contributed by atoms with E-state index < -0.39 is 0 Å². The van der Waals surface area contributed by atoms with E-state index in [0.29, 0.717) is 6.04 Å². The maximum atomic E-state index is 13.0. The minimum atomic E-state index is -0.186. The molecule has 0 aliphatic heterocycles. The van der Waals surface area contributed by atoms with Crippen molar-refractivity contribution in [3.8, 4) is 0 Å². The van der Waals surface area contributed by atoms with Gasteiger partial charge in [-0.15, -0.1) is 6.58 Å². The van der Waals surface area contributed by atoms with Crippen molar-refractivity contribution in [1.29, 1.82) is 0 Å². The molecule has 0 aliphatic carbocycles. The predicted octanol–water partition coefficient (Wildman–Crippen LogP) is 4.05. The van der Waals surface area contributed by atoms with Crippen LogP contribution in [0, 0.1) is 5.82 Å². The van der Waals surface area contributed by atoms with Crippen LogP contribution in [0.3, 0.4) is 0 Å². The topological polar surface area (TPSA) is 12.0 Å². The van der Waals surface area contributed by atoms with Gasteiger partial charge in [0.1, 0.15) is 5.82 Å². The Morgan fingerprint density at radius 3 is 2.33 bits per heavy atom. The molecule has 0 radical (unpaired) electrons. The van der Waals surface area contributed by atoms with Gasteiger partial charge < -0.3 is 5.32 Å². The van der Waals surface area contributed by atoms with Crippen molar-refractivity contribution < 1.29 is 4.39 Å². The Bertz CT molecular complexity index is 392. The van der Waals surface area contributed by atoms with Gasteiger partial charge in [-0.05, 0) is 37.6 Å². The molecular weight excluding hydrogens is 225 g/mol. The van der Waals surface area contributed by atoms with Crippen LogP contribution in [0.25, 0.3) is 0 Å². The minimum absolute atomic E-state index is 0.0529. The van der Waals surface area contributed by atoms with Crippen LogP contribution in [0.4, 0.5) is 4.39 Å². The molecule has 1 atom stereocenters. The number of likely N-dealkylation sites (N-methyl/N-ethyl adjacent to an activating group) is 1. The quantitative estimate of drug-likeness (QED) is 0.750. The van der Waals surface area contributed by atoms with E-state index in [4.69, 9.17) is 0 Å². The van der Waals surface area contributed by atoms with Gasteiger partial charge in [0.25, 0.3) is 0 Å². The van der Waals surface area contributed by atoms with Crippen molar-refractivity contribution in [3.05, 3.63) is 47.8 Å². The first-order valence-corrected chi connectivity index (χ1v) is 6.51. The molecule has 0 amide bonds. The summed E-state index contributed by atoms with van der Waals surface area (Å²) in [5, 5.41) is 3.51. The summed E-state index contributed by atoms with van der Waals surface area (Å²) in [6, 6.07) is 7.11. The Balaban J connectivity index is 2.99. The standard InChI is InChI=1S/C16H24FN/c1-6-18-15(11-12(2)3)16(4,5)13-7-9-14(17)10-8-13/h7-10,15,18H,2,6,11H2,1,3-5H3. The Morgan fingerprint density at radius 1 is 1.33 bits per heavy atom. The molecule has 0 aliphatic rings. The van der Waals surface area contributed by atoms with Gasteiger partial charge in [0.15, 0.2) is 0 Å². The van der Waals surface area contributed by atoms with Crippen molar-refractivity contribution in [2.75, 3.05) is 6.54 Å². The fourth-order valence-electron chi connectivity index (χ4n) is 2.26. The highest BCUT2D eigenvalue weighted by Gasteiger charge is 2.30. The molecule has 0 aromatic heterocycles. The molecule has 1 rings (SSSR count). The zero-order chi connectivity index (χ0) is 13.8. The Kier molecular flexibility index (Phi) is 5.09. The summed E-state index contributed by atoms with van der Waals surface area (Å²) in [4.78, 5) is 0. The second-order valence-corrected chi connectivity index (χ2v) is 5.50. The summed E-state index contributed by atoms with van der Waals surface area (Å²) in [5.41, 5.74) is 2.26. The summed E-state index contributed by atoms with van der Waals surface area (Å²) in [7, 11) is 0. The average Bonchev–Trinajstić information content (AvgIpc) is 2.28. The van der Waals surface area contributed by atoms with Gasteiger partial charge in [0.05, 0.1) is 0 Å². The van der Waals surface area contributed by atoms with Crippen LogP contribution < -0.4 is 5.32 Å². The first-order chi connectivity index (χ1) is 8.37. The molecule has 1 N–H and O–H groups in total. The second-order valence-electron chi connectivity index (χ2n) is 5.50. The molecule has 2 heteroatoms. The van der Waals surface area contributed by atoms with Crippen LogP contribution in [-0.2, 0) is 5.41 Å². The monoisotopic (exact) mass is 249 g/mol. The van der Waals surface area contributed by atoms with E-state index in [1.54, 1.807) is 0 Å². The lowest BCUT2D eigenvalue weighted by molar-refractivity contribution is 0.342. The van der Waals surface area contributed by atoms with Gasteiger partial charge in [-0.2, -0.15) is 0 Å². The van der Waals surface area contributed by atoms with E-state index in [0.717, 1.165) is 24.1 Å². The van der Waals surface area contributed by atoms with E-state index in [2.05, 4.69) is 32.7 Å². The molecule has 100 valence electrons. The molecule has 0 fully saturated rings. The van der Waals surface area contributed by atoms with Crippen LogP contribution in [0.15, 0.2) is 36.4 Å². The maximum absolute atomic E-state index is 13.0. The van der Waals surface area contributed by atoms with Crippen LogP contribution in [0.2, 0.25) is 0 Å². The van der Waals surface area contributed by atoms with Crippen molar-refractivity contribution in [2.45, 2.75) is 45.6 Å². The van der Waals surface area contributed by atoms with Gasteiger partial charge in [-0.1, -0.05) is 38.5 Å². The van der Waals surface area contributed by atoms with Gasteiger partial charge in [-0.3, -0.25) is 0 Å². The molecule has 0 heterocycles. The van der Waals surface area contributed by atoms with Crippen LogP contribution >= 0.6 is 0 Å². The van der Waals surface area contributed by atoms with Crippen molar-refractivity contribution in [2.24, 2.45) is 0 Å². The summed E-state index contributed by atoms with van der Waals surface area (Å²) in [5.74, 6) is -0.186. The molecule has 1 nitrogen and oxygen atoms in total. The fraction of sp³-hybridized carbons (Fsp3) is 0.500. The number of hydrogen-bond donors (Lipinski definition) is 1. The van der Waals surface area contributed by atoms with Crippen molar-refractivity contribution >= 4 is 0 Å². The van der Waals surface area contributed by atoms with Gasteiger partial charge in [0, 0.05) is 11.5 Å². The molecule has 18 heavy (non-hydrogen) atoms. The lowest BCUT2D eigenvalue weighted by Crippen LogP contribution is -2.44. The normalized spacial score (nSPS) is 13.4. The number of benzene rings is 1. The first kappa shape index (κ1) is 14.9. The molecule has 0 bridgehead atoms. The predicted molar refractivity (Wildman–Crippen MR) is 76.3 cm³/mol. The Labute approximate surface area is 110 Å². The van der Waals surface area contributed by atoms with Gasteiger partial charge in [-0.25, -0.2) is 4.39 Å². The third kappa shape index (κ3) is 3.67. The van der Waals surface area contributed by atoms with Crippen LogP contribution in [-0.4, -0.2) is 12.6 Å². The van der Waals surface area contributed by atoms with Crippen LogP contribution in [0.1, 0.15) is 39.7 Å². The van der Waals surface area contributed by atoms with E-state index in [-0.39, 0.29) is 11.2 Å². The largest absolute Gasteiger partial charge is 0.313 e. The zero-order valence-electron chi connectivity index (χ0n) is 11.9. The fourth-order valence-corrected chi connectivity index (χ4v) is 2.26. The van der Waals surface area contributed by atoms with Gasteiger partial charge in [0.2, 0.25) is 0 Å². The molecular formula is C16H24FN. The second kappa shape index (κ2) is 6.14. The summed E-state index contributed by atoms with van der Waals surface area (Å²) in [6.07, 6.45) is 0.929. The Morgan fingerprint density at radius 2 is 1.89 bits per heavy atom. The van der Waals surface area contributed by atoms with Crippen molar-refractivity contribution in [3.63, 3.8) is 0 Å². The average molecular weight is 249 g/mol. The lowest BCUT2D eigenvalue weighted by atomic mass is 9.75. The van der Waals surface area contributed by atoms with Crippen molar-refractivity contribution in [1.82, 2.24) is 5.32 Å². The summed E-state index contributed by atoms with van der Waals surface area (Å²) >= 11 is 0. The highest BCUT2D eigenvalue weighted by Crippen LogP contribution is 2.30. The molecule has 1 unspecified atom stereocenters. The summed E-state index contributed by atoms with van der Waals surface area (Å²) in [6.45, 7) is 13.4. The maximum Gasteiger partial charge on any atom is 0.123 e. The summed E-state index contributed by atoms with van der Waals surface area (Å²) < 4.78 is 13.0. The third-order valence-corrected chi connectivity index (χ3v) is 3.46. The SMILES string of the molecule is C=C(C)CC(NCC)C(C)(C)c1ccc(F)cc1. The highest BCUT2D eigenvalue weighted by molar-refractivity contribution is 5.27. The molecule has 0 saturated heterocycles. The zero-order valence-corrected chi connectivity index (χ0v) is 11.9. The van der Waals surface area contributed by atoms with E-state index >= 15 is 0 Å². The smallest absolute Gasteiger partial charge is 0.123 e. The lowest BCUT2D eigenvalue weighted by Gasteiger charge is -2.36. The number of hydrogen-bond acceptors (Lipinski definition) is 1. The number of nitrogens with one attached hydrogen (secondary N) is 1. The Hall–Kier alpha value is -1.15. The van der Waals surface area contributed by atoms with Crippen LogP contribution in [0.5, 0.6) is 0 Å². The minimum Gasteiger partial charge on any atom is -0.313 e. The highest BCUT2D eigenvalue weighted by atomic mass is 19.1. The van der Waals surface area contributed by atoms with E-state index in [9.17, 15) is 4.39 Å². The molecule has 0 saturated carbocycles. The van der Waals surface area contributed by atoms with E-state index in [1.807, 2.05) is 19.1 Å².